The lowest BCUT2D eigenvalue weighted by atomic mass is 10.2. The Labute approximate surface area is 101 Å². The highest BCUT2D eigenvalue weighted by atomic mass is 16.5. The highest BCUT2D eigenvalue weighted by Crippen LogP contribution is 2.32. The van der Waals surface area contributed by atoms with E-state index in [0.717, 1.165) is 28.9 Å². The summed E-state index contributed by atoms with van der Waals surface area (Å²) in [5.41, 5.74) is 6.94. The van der Waals surface area contributed by atoms with E-state index in [2.05, 4.69) is 10.6 Å². The molecule has 0 aliphatic carbocycles. The molecule has 2 N–H and O–H groups in total. The first-order valence-electron chi connectivity index (χ1n) is 5.62. The van der Waals surface area contributed by atoms with Crippen molar-refractivity contribution in [1.82, 2.24) is 4.57 Å². The Morgan fingerprint density at radius 1 is 1.24 bits per heavy atom. The van der Waals surface area contributed by atoms with Crippen LogP contribution in [0.1, 0.15) is 6.92 Å². The molecule has 0 bridgehead atoms. The predicted octanol–water partition coefficient (Wildman–Crippen LogP) is 2.01. The third kappa shape index (κ3) is 2.22. The Hall–Kier alpha value is -1.68. The standard InChI is InChI=1S/C13H18N2O2/c1-9(14)8-15-5-4-10-6-12(16-2)13(17-3)7-11(10)15/h4-7,9H,8,14H2,1-3H3/t9-/m0/s1. The first-order valence-corrected chi connectivity index (χ1v) is 5.62. The molecule has 0 unspecified atom stereocenters. The van der Waals surface area contributed by atoms with E-state index >= 15 is 0 Å². The molecule has 0 spiro atoms. The van der Waals surface area contributed by atoms with E-state index < -0.39 is 0 Å². The third-order valence-electron chi connectivity index (χ3n) is 2.76. The molecule has 1 heterocycles. The number of hydrogen-bond acceptors (Lipinski definition) is 3. The minimum absolute atomic E-state index is 0.124. The molecule has 0 saturated carbocycles. The maximum absolute atomic E-state index is 5.82. The van der Waals surface area contributed by atoms with Crippen molar-refractivity contribution < 1.29 is 9.47 Å². The van der Waals surface area contributed by atoms with Gasteiger partial charge < -0.3 is 19.8 Å². The molecule has 2 aromatic rings. The van der Waals surface area contributed by atoms with Gasteiger partial charge in [0.1, 0.15) is 0 Å². The van der Waals surface area contributed by atoms with Gasteiger partial charge in [0.25, 0.3) is 0 Å². The van der Waals surface area contributed by atoms with Crippen LogP contribution in [0, 0.1) is 0 Å². The number of benzene rings is 1. The van der Waals surface area contributed by atoms with Crippen LogP contribution in [0.4, 0.5) is 0 Å². The average Bonchev–Trinajstić information content (AvgIpc) is 2.69. The largest absolute Gasteiger partial charge is 0.493 e. The topological polar surface area (TPSA) is 49.4 Å². The first-order chi connectivity index (χ1) is 8.15. The van der Waals surface area contributed by atoms with Gasteiger partial charge in [-0.15, -0.1) is 0 Å². The van der Waals surface area contributed by atoms with E-state index in [-0.39, 0.29) is 6.04 Å². The summed E-state index contributed by atoms with van der Waals surface area (Å²) in [5, 5.41) is 1.13. The van der Waals surface area contributed by atoms with E-state index in [1.807, 2.05) is 25.3 Å². The zero-order chi connectivity index (χ0) is 12.4. The predicted molar refractivity (Wildman–Crippen MR) is 68.7 cm³/mol. The number of hydrogen-bond donors (Lipinski definition) is 1. The van der Waals surface area contributed by atoms with Gasteiger partial charge in [0.2, 0.25) is 0 Å². The summed E-state index contributed by atoms with van der Waals surface area (Å²) in [6, 6.07) is 6.14. The smallest absolute Gasteiger partial charge is 0.162 e. The second kappa shape index (κ2) is 4.67. The fourth-order valence-corrected chi connectivity index (χ4v) is 1.99. The summed E-state index contributed by atoms with van der Waals surface area (Å²) in [6.07, 6.45) is 2.03. The first kappa shape index (κ1) is 11.8. The highest BCUT2D eigenvalue weighted by Gasteiger charge is 2.09. The fourth-order valence-electron chi connectivity index (χ4n) is 1.99. The lowest BCUT2D eigenvalue weighted by Gasteiger charge is -2.11. The molecule has 0 fully saturated rings. The summed E-state index contributed by atoms with van der Waals surface area (Å²) in [6.45, 7) is 2.78. The number of aromatic nitrogens is 1. The van der Waals surface area contributed by atoms with Gasteiger partial charge in [0.15, 0.2) is 11.5 Å². The summed E-state index contributed by atoms with van der Waals surface area (Å²) in [4.78, 5) is 0. The van der Waals surface area contributed by atoms with Crippen molar-refractivity contribution in [2.75, 3.05) is 14.2 Å². The van der Waals surface area contributed by atoms with Crippen LogP contribution < -0.4 is 15.2 Å². The Bertz CT molecular complexity index is 517. The zero-order valence-electron chi connectivity index (χ0n) is 10.4. The van der Waals surface area contributed by atoms with Crippen LogP contribution in [0.25, 0.3) is 10.9 Å². The van der Waals surface area contributed by atoms with Gasteiger partial charge in [-0.25, -0.2) is 0 Å². The lowest BCUT2D eigenvalue weighted by Crippen LogP contribution is -2.21. The van der Waals surface area contributed by atoms with E-state index in [0.29, 0.717) is 0 Å². The zero-order valence-corrected chi connectivity index (χ0v) is 10.4. The number of nitrogens with two attached hydrogens (primary N) is 1. The van der Waals surface area contributed by atoms with Gasteiger partial charge in [-0.1, -0.05) is 0 Å². The molecular weight excluding hydrogens is 216 g/mol. The van der Waals surface area contributed by atoms with Crippen molar-refractivity contribution in [2.24, 2.45) is 5.73 Å². The third-order valence-corrected chi connectivity index (χ3v) is 2.76. The van der Waals surface area contributed by atoms with E-state index in [4.69, 9.17) is 15.2 Å². The van der Waals surface area contributed by atoms with Gasteiger partial charge in [-0.05, 0) is 19.1 Å². The van der Waals surface area contributed by atoms with Crippen LogP contribution in [0.15, 0.2) is 24.4 Å². The van der Waals surface area contributed by atoms with Gasteiger partial charge >= 0.3 is 0 Å². The SMILES string of the molecule is COc1cc2ccn(C[C@H](C)N)c2cc1OC. The van der Waals surface area contributed by atoms with Crippen molar-refractivity contribution in [1.29, 1.82) is 0 Å². The van der Waals surface area contributed by atoms with Crippen LogP contribution in [0.5, 0.6) is 11.5 Å². The van der Waals surface area contributed by atoms with E-state index in [9.17, 15) is 0 Å². The molecule has 4 heteroatoms. The molecule has 1 aromatic heterocycles. The number of nitrogens with zero attached hydrogens (tertiary/aromatic N) is 1. The van der Waals surface area contributed by atoms with Crippen LogP contribution in [-0.4, -0.2) is 24.8 Å². The van der Waals surface area contributed by atoms with E-state index in [1.54, 1.807) is 14.2 Å². The maximum atomic E-state index is 5.82. The highest BCUT2D eigenvalue weighted by molar-refractivity contribution is 5.84. The molecular formula is C13H18N2O2. The van der Waals surface area contributed by atoms with Gasteiger partial charge in [-0.3, -0.25) is 0 Å². The Morgan fingerprint density at radius 3 is 2.47 bits per heavy atom. The minimum atomic E-state index is 0.124. The van der Waals surface area contributed by atoms with Crippen molar-refractivity contribution in [3.05, 3.63) is 24.4 Å². The van der Waals surface area contributed by atoms with Crippen molar-refractivity contribution in [3.63, 3.8) is 0 Å². The maximum Gasteiger partial charge on any atom is 0.162 e. The molecule has 4 nitrogen and oxygen atoms in total. The van der Waals surface area contributed by atoms with Crippen LogP contribution in [0.3, 0.4) is 0 Å². The van der Waals surface area contributed by atoms with Crippen LogP contribution in [0.2, 0.25) is 0 Å². The Kier molecular flexibility index (Phi) is 3.24. The van der Waals surface area contributed by atoms with E-state index in [1.165, 1.54) is 0 Å². The monoisotopic (exact) mass is 234 g/mol. The van der Waals surface area contributed by atoms with Gasteiger partial charge in [-0.2, -0.15) is 0 Å². The molecule has 2 rings (SSSR count). The number of fused-ring (bicyclic) bond motifs is 1. The summed E-state index contributed by atoms with van der Waals surface area (Å²) in [7, 11) is 3.28. The van der Waals surface area contributed by atoms with Crippen molar-refractivity contribution >= 4 is 10.9 Å². The number of methoxy groups -OCH3 is 2. The Morgan fingerprint density at radius 2 is 1.88 bits per heavy atom. The minimum Gasteiger partial charge on any atom is -0.493 e. The lowest BCUT2D eigenvalue weighted by molar-refractivity contribution is 0.355. The molecule has 0 aliphatic heterocycles. The fraction of sp³-hybridized carbons (Fsp3) is 0.385. The number of rotatable bonds is 4. The second-order valence-corrected chi connectivity index (χ2v) is 4.21. The van der Waals surface area contributed by atoms with Gasteiger partial charge in [0.05, 0.1) is 19.7 Å². The van der Waals surface area contributed by atoms with Crippen molar-refractivity contribution in [2.45, 2.75) is 19.5 Å². The molecule has 0 aliphatic rings. The molecule has 92 valence electrons. The summed E-state index contributed by atoms with van der Waals surface area (Å²) < 4.78 is 12.7. The molecule has 0 radical (unpaired) electrons. The molecule has 1 atom stereocenters. The average molecular weight is 234 g/mol. The molecule has 0 saturated heterocycles. The summed E-state index contributed by atoms with van der Waals surface area (Å²) in [5.74, 6) is 1.49. The quantitative estimate of drug-likeness (QED) is 0.880. The normalized spacial score (nSPS) is 12.7. The summed E-state index contributed by atoms with van der Waals surface area (Å²) >= 11 is 0. The molecule has 0 amide bonds. The van der Waals surface area contributed by atoms with Crippen molar-refractivity contribution in [3.8, 4) is 11.5 Å². The Balaban J connectivity index is 2.53. The molecule has 17 heavy (non-hydrogen) atoms. The van der Waals surface area contributed by atoms with Crippen LogP contribution >= 0.6 is 0 Å². The second-order valence-electron chi connectivity index (χ2n) is 4.21. The number of ether oxygens (including phenoxy) is 2. The molecule has 1 aromatic carbocycles. The van der Waals surface area contributed by atoms with Crippen LogP contribution in [-0.2, 0) is 6.54 Å². The van der Waals surface area contributed by atoms with Gasteiger partial charge in [0, 0.05) is 30.2 Å².